The molecule has 3 aromatic rings. The molecule has 0 radical (unpaired) electrons. The molecule has 6 rings (SSSR count). The summed E-state index contributed by atoms with van der Waals surface area (Å²) in [6, 6.07) is 20.8. The van der Waals surface area contributed by atoms with Gasteiger partial charge in [-0.2, -0.15) is 0 Å². The van der Waals surface area contributed by atoms with Crippen LogP contribution in [0.4, 0.5) is 0 Å². The quantitative estimate of drug-likeness (QED) is 0.293. The minimum absolute atomic E-state index is 0.257. The number of unbranched alkanes of at least 4 members (excludes halogenated alkanes) is 1. The summed E-state index contributed by atoms with van der Waals surface area (Å²) in [7, 11) is 0. The van der Waals surface area contributed by atoms with Gasteiger partial charge >= 0.3 is 0 Å². The summed E-state index contributed by atoms with van der Waals surface area (Å²) in [5.41, 5.74) is 7.80. The number of piperidine rings is 1. The topological polar surface area (TPSA) is 40.0 Å². The first kappa shape index (κ1) is 22.1. The van der Waals surface area contributed by atoms with Gasteiger partial charge in [-0.1, -0.05) is 42.5 Å². The molecule has 1 fully saturated rings. The number of carbonyl (C=O) groups is 1. The summed E-state index contributed by atoms with van der Waals surface area (Å²) in [6.45, 7) is 4.09. The van der Waals surface area contributed by atoms with E-state index in [9.17, 15) is 4.79 Å². The van der Waals surface area contributed by atoms with Gasteiger partial charge in [0.2, 0.25) is 6.79 Å². The van der Waals surface area contributed by atoms with Crippen molar-refractivity contribution in [3.05, 3.63) is 82.9 Å². The molecule has 2 heterocycles. The first-order valence-electron chi connectivity index (χ1n) is 13.0. The first-order valence-corrected chi connectivity index (χ1v) is 13.0. The number of Topliss-reactive ketones (excluding diaryl/α,β-unsaturated/α-hetero) is 1. The van der Waals surface area contributed by atoms with E-state index in [0.717, 1.165) is 41.0 Å². The number of quaternary nitrogens is 1. The van der Waals surface area contributed by atoms with Gasteiger partial charge in [0.25, 0.3) is 0 Å². The third-order valence-corrected chi connectivity index (χ3v) is 7.59. The summed E-state index contributed by atoms with van der Waals surface area (Å²) >= 11 is 0. The average Bonchev–Trinajstić information content (AvgIpc) is 3.49. The van der Waals surface area contributed by atoms with Crippen LogP contribution < -0.4 is 14.4 Å². The number of fused-ring (bicyclic) bond motifs is 4. The van der Waals surface area contributed by atoms with Gasteiger partial charge in [0.15, 0.2) is 17.3 Å². The maximum Gasteiger partial charge on any atom is 0.231 e. The van der Waals surface area contributed by atoms with Crippen LogP contribution in [0.5, 0.6) is 11.5 Å². The van der Waals surface area contributed by atoms with Crippen LogP contribution in [0.1, 0.15) is 65.6 Å². The molecular weight excluding hydrogens is 434 g/mol. The fourth-order valence-corrected chi connectivity index (χ4v) is 5.71. The zero-order valence-electron chi connectivity index (χ0n) is 20.1. The van der Waals surface area contributed by atoms with Crippen LogP contribution in [0.2, 0.25) is 0 Å². The van der Waals surface area contributed by atoms with Gasteiger partial charge in [0, 0.05) is 12.0 Å². The van der Waals surface area contributed by atoms with Crippen molar-refractivity contribution in [3.63, 3.8) is 0 Å². The highest BCUT2D eigenvalue weighted by atomic mass is 16.7. The molecule has 4 nitrogen and oxygen atoms in total. The molecule has 1 aliphatic carbocycles. The molecule has 0 spiro atoms. The van der Waals surface area contributed by atoms with Crippen LogP contribution in [-0.2, 0) is 0 Å². The number of hydrogen-bond acceptors (Lipinski definition) is 3. The van der Waals surface area contributed by atoms with Gasteiger partial charge in [-0.3, -0.25) is 4.79 Å². The second kappa shape index (κ2) is 9.71. The predicted octanol–water partition coefficient (Wildman–Crippen LogP) is 5.41. The van der Waals surface area contributed by atoms with Crippen molar-refractivity contribution >= 4 is 17.4 Å². The summed E-state index contributed by atoms with van der Waals surface area (Å²) < 4.78 is 11.0. The maximum atomic E-state index is 13.0. The molecule has 178 valence electrons. The lowest BCUT2D eigenvalue weighted by atomic mass is 9.97. The molecule has 0 amide bonds. The van der Waals surface area contributed by atoms with E-state index in [1.807, 2.05) is 18.2 Å². The lowest BCUT2D eigenvalue weighted by molar-refractivity contribution is -0.905. The number of rotatable bonds is 7. The predicted molar refractivity (Wildman–Crippen MR) is 139 cm³/mol. The second-order valence-electron chi connectivity index (χ2n) is 9.92. The number of nitrogens with one attached hydrogen (secondary N) is 1. The molecule has 0 unspecified atom stereocenters. The van der Waals surface area contributed by atoms with Crippen LogP contribution in [0.3, 0.4) is 0 Å². The zero-order valence-corrected chi connectivity index (χ0v) is 20.1. The van der Waals surface area contributed by atoms with E-state index in [-0.39, 0.29) is 12.6 Å². The van der Waals surface area contributed by atoms with Crippen LogP contribution >= 0.6 is 0 Å². The van der Waals surface area contributed by atoms with E-state index in [4.69, 9.17) is 9.47 Å². The smallest absolute Gasteiger partial charge is 0.231 e. The van der Waals surface area contributed by atoms with Gasteiger partial charge in [-0.05, 0) is 89.8 Å². The normalized spacial score (nSPS) is 17.4. The molecule has 0 saturated carbocycles. The zero-order chi connectivity index (χ0) is 23.6. The number of carbonyl (C=O) groups excluding carboxylic acids is 1. The number of hydrogen-bond donors (Lipinski definition) is 1. The van der Waals surface area contributed by atoms with E-state index in [1.165, 1.54) is 61.2 Å². The molecule has 0 atom stereocenters. The summed E-state index contributed by atoms with van der Waals surface area (Å²) in [5.74, 6) is 1.83. The Morgan fingerprint density at radius 3 is 2.49 bits per heavy atom. The third kappa shape index (κ3) is 4.51. The average molecular weight is 467 g/mol. The molecule has 4 heteroatoms. The Balaban J connectivity index is 1.21. The molecule has 3 aromatic carbocycles. The summed E-state index contributed by atoms with van der Waals surface area (Å²) in [5, 5.41) is 0. The number of ketones is 1. The second-order valence-corrected chi connectivity index (χ2v) is 9.92. The number of benzene rings is 3. The molecule has 1 N–H and O–H groups in total. The Morgan fingerprint density at radius 2 is 1.60 bits per heavy atom. The van der Waals surface area contributed by atoms with E-state index in [0.29, 0.717) is 6.42 Å². The minimum Gasteiger partial charge on any atom is -0.454 e. The van der Waals surface area contributed by atoms with Gasteiger partial charge < -0.3 is 14.4 Å². The standard InChI is InChI=1S/C31H31NO3/c33-29(10-4-7-17-32-15-5-1-6-16-32)23-12-13-26-27(24-8-2-3-9-25(24)28(26)20-23)18-22-11-14-30-31(19-22)35-21-34-30/h2-3,8-9,11-14,18-20H,1,4-7,10,15-17,21H2/p+1. The Hall–Kier alpha value is -3.37. The van der Waals surface area contributed by atoms with Crippen molar-refractivity contribution in [2.24, 2.45) is 0 Å². The molecule has 0 bridgehead atoms. The monoisotopic (exact) mass is 466 g/mol. The van der Waals surface area contributed by atoms with Gasteiger partial charge in [0.05, 0.1) is 19.6 Å². The van der Waals surface area contributed by atoms with E-state index in [2.05, 4.69) is 48.5 Å². The lowest BCUT2D eigenvalue weighted by Gasteiger charge is -2.23. The van der Waals surface area contributed by atoms with E-state index >= 15 is 0 Å². The van der Waals surface area contributed by atoms with Crippen molar-refractivity contribution < 1.29 is 19.2 Å². The molecular formula is C31H32NO3+. The Labute approximate surface area is 207 Å². The molecule has 3 aliphatic rings. The van der Waals surface area contributed by atoms with E-state index in [1.54, 1.807) is 4.90 Å². The number of ether oxygens (including phenoxy) is 2. The minimum atomic E-state index is 0.257. The van der Waals surface area contributed by atoms with Gasteiger partial charge in [-0.25, -0.2) is 0 Å². The van der Waals surface area contributed by atoms with Crippen molar-refractivity contribution in [1.29, 1.82) is 0 Å². The third-order valence-electron chi connectivity index (χ3n) is 7.59. The van der Waals surface area contributed by atoms with E-state index < -0.39 is 0 Å². The molecule has 0 aromatic heterocycles. The Morgan fingerprint density at radius 1 is 0.800 bits per heavy atom. The van der Waals surface area contributed by atoms with Crippen molar-refractivity contribution in [1.82, 2.24) is 0 Å². The van der Waals surface area contributed by atoms with Crippen molar-refractivity contribution in [2.75, 3.05) is 26.4 Å². The fraction of sp³-hybridized carbons (Fsp3) is 0.323. The molecule has 1 saturated heterocycles. The molecule has 2 aliphatic heterocycles. The number of likely N-dealkylation sites (tertiary alicyclic amines) is 1. The Kier molecular flexibility index (Phi) is 6.13. The lowest BCUT2D eigenvalue weighted by Crippen LogP contribution is -3.12. The van der Waals surface area contributed by atoms with Gasteiger partial charge in [-0.15, -0.1) is 0 Å². The summed E-state index contributed by atoms with van der Waals surface area (Å²) in [6.07, 6.45) is 9.05. The highest BCUT2D eigenvalue weighted by molar-refractivity contribution is 6.08. The maximum absolute atomic E-state index is 13.0. The largest absolute Gasteiger partial charge is 0.454 e. The highest BCUT2D eigenvalue weighted by Gasteiger charge is 2.24. The Bertz CT molecular complexity index is 1290. The summed E-state index contributed by atoms with van der Waals surface area (Å²) in [4.78, 5) is 14.8. The fourth-order valence-electron chi connectivity index (χ4n) is 5.71. The SMILES string of the molecule is O=C(CCCC[NH+]1CCCCC1)c1ccc2c(c1)-c1ccccc1C2=Cc1ccc2c(c1)OCO2. The van der Waals surface area contributed by atoms with Crippen molar-refractivity contribution in [3.8, 4) is 22.6 Å². The van der Waals surface area contributed by atoms with Gasteiger partial charge in [0.1, 0.15) is 0 Å². The first-order chi connectivity index (χ1) is 17.3. The van der Waals surface area contributed by atoms with Crippen LogP contribution in [0.15, 0.2) is 60.7 Å². The highest BCUT2D eigenvalue weighted by Crippen LogP contribution is 2.46. The molecule has 35 heavy (non-hydrogen) atoms. The van der Waals surface area contributed by atoms with Crippen LogP contribution in [0, 0.1) is 0 Å². The van der Waals surface area contributed by atoms with Crippen LogP contribution in [-0.4, -0.2) is 32.2 Å². The van der Waals surface area contributed by atoms with Crippen molar-refractivity contribution in [2.45, 2.75) is 38.5 Å². The van der Waals surface area contributed by atoms with Crippen LogP contribution in [0.25, 0.3) is 22.8 Å².